The van der Waals surface area contributed by atoms with Crippen LogP contribution in [0.15, 0.2) is 52.3 Å². The summed E-state index contributed by atoms with van der Waals surface area (Å²) in [6.45, 7) is -0.718. The van der Waals surface area contributed by atoms with Gasteiger partial charge in [-0.2, -0.15) is 10.1 Å². The number of fused-ring (bicyclic) bond motifs is 1. The van der Waals surface area contributed by atoms with Crippen molar-refractivity contribution in [1.29, 1.82) is 0 Å². The molecular weight excluding hydrogens is 553 g/mol. The van der Waals surface area contributed by atoms with E-state index in [-0.39, 0.29) is 10.7 Å². The molecule has 0 unspecified atom stereocenters. The van der Waals surface area contributed by atoms with Gasteiger partial charge >= 0.3 is 11.4 Å². The van der Waals surface area contributed by atoms with Gasteiger partial charge in [0.2, 0.25) is 5.95 Å². The molecule has 0 bridgehead atoms. The lowest BCUT2D eigenvalue weighted by molar-refractivity contribution is 0.487. The number of anilines is 2. The number of aromatic nitrogens is 6. The van der Waals surface area contributed by atoms with Crippen molar-refractivity contribution in [2.75, 3.05) is 5.32 Å². The van der Waals surface area contributed by atoms with E-state index in [9.17, 15) is 27.2 Å². The Balaban J connectivity index is 1.72. The van der Waals surface area contributed by atoms with Crippen LogP contribution in [-0.2, 0) is 13.6 Å². The van der Waals surface area contributed by atoms with Gasteiger partial charge in [-0.15, -0.1) is 0 Å². The third-order valence-corrected chi connectivity index (χ3v) is 6.07. The molecule has 0 atom stereocenters. The van der Waals surface area contributed by atoms with E-state index in [1.165, 1.54) is 6.07 Å². The average molecular weight is 566 g/mol. The fourth-order valence-electron chi connectivity index (χ4n) is 3.75. The van der Waals surface area contributed by atoms with Gasteiger partial charge in [0.15, 0.2) is 16.8 Å². The Hall–Kier alpha value is -4.23. The number of nitrogens with one attached hydrogen (secondary N) is 1. The smallest absolute Gasteiger partial charge is 0.324 e. The van der Waals surface area contributed by atoms with Crippen molar-refractivity contribution < 1.29 is 17.6 Å². The molecule has 0 amide bonds. The van der Waals surface area contributed by atoms with Gasteiger partial charge in [-0.05, 0) is 18.2 Å². The largest absolute Gasteiger partial charge is 0.359 e. The second kappa shape index (κ2) is 9.58. The molecule has 5 rings (SSSR count). The average Bonchev–Trinajstić information content (AvgIpc) is 3.20. The zero-order valence-electron chi connectivity index (χ0n) is 19.0. The summed E-state index contributed by atoms with van der Waals surface area (Å²) in [4.78, 5) is 33.9. The summed E-state index contributed by atoms with van der Waals surface area (Å²) in [6.07, 6.45) is 2.46. The Morgan fingerprint density at radius 3 is 2.47 bits per heavy atom. The summed E-state index contributed by atoms with van der Waals surface area (Å²) in [6, 6.07) is 4.74. The van der Waals surface area contributed by atoms with Gasteiger partial charge in [0.05, 0.1) is 34.7 Å². The molecule has 15 heteroatoms. The topological polar surface area (TPSA) is 99.6 Å². The van der Waals surface area contributed by atoms with E-state index in [2.05, 4.69) is 20.4 Å². The molecule has 38 heavy (non-hydrogen) atoms. The molecule has 0 radical (unpaired) electrons. The van der Waals surface area contributed by atoms with Gasteiger partial charge in [0.1, 0.15) is 11.6 Å². The van der Waals surface area contributed by atoms with E-state index in [1.807, 2.05) is 0 Å². The number of halogens is 6. The number of rotatable bonds is 5. The fraction of sp³-hybridized carbons (Fsp3) is 0.0870. The molecule has 0 spiro atoms. The lowest BCUT2D eigenvalue weighted by Gasteiger charge is -2.17. The molecule has 3 aromatic heterocycles. The molecule has 0 fully saturated rings. The van der Waals surface area contributed by atoms with E-state index in [1.54, 1.807) is 24.0 Å². The van der Waals surface area contributed by atoms with Crippen LogP contribution in [0.2, 0.25) is 10.2 Å². The van der Waals surface area contributed by atoms with Crippen molar-refractivity contribution in [3.63, 3.8) is 0 Å². The van der Waals surface area contributed by atoms with Crippen LogP contribution in [0.1, 0.15) is 5.56 Å². The van der Waals surface area contributed by atoms with Crippen molar-refractivity contribution in [3.8, 4) is 5.69 Å². The maximum absolute atomic E-state index is 14.5. The molecule has 1 N–H and O–H groups in total. The summed E-state index contributed by atoms with van der Waals surface area (Å²) < 4.78 is 58.5. The van der Waals surface area contributed by atoms with Crippen molar-refractivity contribution in [1.82, 2.24) is 28.9 Å². The van der Waals surface area contributed by atoms with Crippen LogP contribution >= 0.6 is 23.2 Å². The number of aryl methyl sites for hydroxylation is 1. The Labute approximate surface area is 219 Å². The first-order valence-electron chi connectivity index (χ1n) is 10.6. The standard InChI is InChI=1S/C23H13Cl2F4N7O2/c1-34-8-11-3-18(13(24)5-17(11)33-34)31-21-32-22(37)36(19-4-12(26)7-30-20(19)25)23(38)35(21)9-10-2-15(28)16(29)6-14(10)27/h2-8H,9H2,1H3,(H,31,32,37). The lowest BCUT2D eigenvalue weighted by Crippen LogP contribution is -2.42. The Kier molecular flexibility index (Phi) is 6.41. The summed E-state index contributed by atoms with van der Waals surface area (Å²) >= 11 is 12.3. The monoisotopic (exact) mass is 565 g/mol. The van der Waals surface area contributed by atoms with Crippen LogP contribution < -0.4 is 16.7 Å². The first kappa shape index (κ1) is 25.4. The molecule has 0 aliphatic heterocycles. The van der Waals surface area contributed by atoms with Crippen molar-refractivity contribution in [2.45, 2.75) is 6.54 Å². The number of hydrogen-bond donors (Lipinski definition) is 1. The molecule has 5 aromatic rings. The first-order valence-corrected chi connectivity index (χ1v) is 11.4. The zero-order valence-corrected chi connectivity index (χ0v) is 20.5. The molecule has 0 aliphatic rings. The van der Waals surface area contributed by atoms with E-state index in [0.29, 0.717) is 27.6 Å². The fourth-order valence-corrected chi connectivity index (χ4v) is 4.14. The van der Waals surface area contributed by atoms with E-state index in [4.69, 9.17) is 23.2 Å². The Bertz CT molecular complexity index is 1870. The van der Waals surface area contributed by atoms with Crippen molar-refractivity contribution in [2.24, 2.45) is 7.05 Å². The second-order valence-corrected chi connectivity index (χ2v) is 8.83. The summed E-state index contributed by atoms with van der Waals surface area (Å²) in [7, 11) is 1.70. The summed E-state index contributed by atoms with van der Waals surface area (Å²) in [5.74, 6) is -5.31. The third-order valence-electron chi connectivity index (χ3n) is 5.47. The number of benzene rings is 2. The van der Waals surface area contributed by atoms with Crippen LogP contribution in [0.3, 0.4) is 0 Å². The minimum absolute atomic E-state index is 0.137. The van der Waals surface area contributed by atoms with Crippen LogP contribution in [0, 0.1) is 23.3 Å². The highest BCUT2D eigenvalue weighted by Crippen LogP contribution is 2.29. The minimum Gasteiger partial charge on any atom is -0.324 e. The Morgan fingerprint density at radius 1 is 0.974 bits per heavy atom. The van der Waals surface area contributed by atoms with Crippen molar-refractivity contribution >= 4 is 45.7 Å². The van der Waals surface area contributed by atoms with E-state index >= 15 is 0 Å². The highest BCUT2D eigenvalue weighted by atomic mass is 35.5. The quantitative estimate of drug-likeness (QED) is 0.193. The van der Waals surface area contributed by atoms with Gasteiger partial charge in [-0.3, -0.25) is 9.25 Å². The zero-order chi connectivity index (χ0) is 27.3. The maximum Gasteiger partial charge on any atom is 0.359 e. The predicted molar refractivity (Wildman–Crippen MR) is 131 cm³/mol. The minimum atomic E-state index is -1.44. The molecule has 0 aliphatic carbocycles. The van der Waals surface area contributed by atoms with Crippen LogP contribution in [0.4, 0.5) is 29.2 Å². The second-order valence-electron chi connectivity index (χ2n) is 8.06. The predicted octanol–water partition coefficient (Wildman–Crippen LogP) is 4.33. The summed E-state index contributed by atoms with van der Waals surface area (Å²) in [5, 5.41) is 7.37. The molecule has 194 valence electrons. The van der Waals surface area contributed by atoms with Gasteiger partial charge in [-0.1, -0.05) is 23.2 Å². The van der Waals surface area contributed by atoms with Crippen LogP contribution in [-0.4, -0.2) is 28.9 Å². The molecular formula is C23H13Cl2F4N7O2. The Morgan fingerprint density at radius 2 is 1.71 bits per heavy atom. The highest BCUT2D eigenvalue weighted by Gasteiger charge is 2.21. The molecule has 0 saturated carbocycles. The highest BCUT2D eigenvalue weighted by molar-refractivity contribution is 6.34. The van der Waals surface area contributed by atoms with E-state index in [0.717, 1.165) is 16.8 Å². The van der Waals surface area contributed by atoms with Gasteiger partial charge in [-0.25, -0.2) is 36.7 Å². The van der Waals surface area contributed by atoms with Crippen molar-refractivity contribution in [3.05, 3.63) is 103 Å². The SMILES string of the molecule is Cn1cc2cc(Nc3nc(=O)n(-c4cc(F)cnc4Cl)c(=O)n3Cc3cc(F)c(F)cc3F)c(Cl)cc2n1. The lowest BCUT2D eigenvalue weighted by atomic mass is 10.2. The van der Waals surface area contributed by atoms with E-state index < -0.39 is 63.5 Å². The number of hydrogen-bond acceptors (Lipinski definition) is 6. The molecule has 3 heterocycles. The summed E-state index contributed by atoms with van der Waals surface area (Å²) in [5.41, 5.74) is -2.48. The maximum atomic E-state index is 14.5. The molecule has 9 nitrogen and oxygen atoms in total. The van der Waals surface area contributed by atoms with Gasteiger partial charge < -0.3 is 5.32 Å². The normalized spacial score (nSPS) is 11.3. The number of nitrogens with zero attached hydrogens (tertiary/aromatic N) is 6. The molecule has 2 aromatic carbocycles. The first-order chi connectivity index (χ1) is 18.0. The molecule has 0 saturated heterocycles. The van der Waals surface area contributed by atoms with Crippen LogP contribution in [0.5, 0.6) is 0 Å². The van der Waals surface area contributed by atoms with Crippen LogP contribution in [0.25, 0.3) is 16.6 Å². The third kappa shape index (κ3) is 4.61. The van der Waals surface area contributed by atoms with Gasteiger partial charge in [0, 0.05) is 36.3 Å². The van der Waals surface area contributed by atoms with Gasteiger partial charge in [0.25, 0.3) is 0 Å². The number of pyridine rings is 1.